The minimum Gasteiger partial charge on any atom is -0.313 e. The topological polar surface area (TPSA) is 8.17 Å². The van der Waals surface area contributed by atoms with Crippen molar-refractivity contribution in [3.05, 3.63) is 64.8 Å². The number of hydrogen-bond donors (Lipinski definition) is 0. The Morgan fingerprint density at radius 1 is 0.828 bits per heavy atom. The molecule has 0 amide bonds. The monoisotopic (exact) mass is 406 g/mol. The first-order valence-electron chi connectivity index (χ1n) is 11.3. The van der Waals surface area contributed by atoms with Crippen LogP contribution in [0.1, 0.15) is 54.5 Å². The van der Waals surface area contributed by atoms with Crippen LogP contribution < -0.4 is 0 Å². The highest BCUT2D eigenvalue weighted by atomic mass is 35.5. The van der Waals surface area contributed by atoms with Crippen LogP contribution in [0.25, 0.3) is 16.6 Å². The summed E-state index contributed by atoms with van der Waals surface area (Å²) < 4.78 is 2.64. The molecule has 0 unspecified atom stereocenters. The van der Waals surface area contributed by atoms with Crippen molar-refractivity contribution in [3.63, 3.8) is 0 Å². The molecule has 0 radical (unpaired) electrons. The predicted molar refractivity (Wildman–Crippen MR) is 123 cm³/mol. The Kier molecular flexibility index (Phi) is 5.17. The lowest BCUT2D eigenvalue weighted by Crippen LogP contribution is -2.35. The Labute approximate surface area is 180 Å². The van der Waals surface area contributed by atoms with Crippen LogP contribution in [-0.2, 0) is 25.8 Å². The van der Waals surface area contributed by atoms with Crippen LogP contribution in [-0.4, -0.2) is 22.6 Å². The van der Waals surface area contributed by atoms with Gasteiger partial charge >= 0.3 is 0 Å². The van der Waals surface area contributed by atoms with E-state index >= 15 is 0 Å². The first-order chi connectivity index (χ1) is 13.9. The molecular formula is C26H31ClN2. The molecule has 0 spiro atoms. The quantitative estimate of drug-likeness (QED) is 0.500. The second kappa shape index (κ2) is 7.81. The minimum atomic E-state index is 0. The van der Waals surface area contributed by atoms with E-state index in [1.807, 2.05) is 0 Å². The first-order valence-corrected chi connectivity index (χ1v) is 11.3. The summed E-state index contributed by atoms with van der Waals surface area (Å²) in [7, 11) is 0. The van der Waals surface area contributed by atoms with Crippen LogP contribution in [0.15, 0.2) is 42.5 Å². The second-order valence-corrected chi connectivity index (χ2v) is 9.19. The van der Waals surface area contributed by atoms with Gasteiger partial charge in [-0.25, -0.2) is 0 Å². The van der Waals surface area contributed by atoms with Crippen LogP contribution in [0.5, 0.6) is 0 Å². The fraction of sp³-hybridized carbons (Fsp3) is 0.462. The Hall–Kier alpha value is -1.77. The highest BCUT2D eigenvalue weighted by Crippen LogP contribution is 2.39. The number of aromatic nitrogens is 1. The van der Waals surface area contributed by atoms with Gasteiger partial charge in [0.15, 0.2) is 0 Å². The summed E-state index contributed by atoms with van der Waals surface area (Å²) >= 11 is 0. The Morgan fingerprint density at radius 2 is 1.62 bits per heavy atom. The van der Waals surface area contributed by atoms with E-state index in [4.69, 9.17) is 0 Å². The predicted octanol–water partition coefficient (Wildman–Crippen LogP) is 6.09. The van der Waals surface area contributed by atoms with E-state index in [1.54, 1.807) is 11.3 Å². The zero-order valence-electron chi connectivity index (χ0n) is 17.2. The van der Waals surface area contributed by atoms with Gasteiger partial charge in [0.25, 0.3) is 0 Å². The number of fused-ring (bicyclic) bond motifs is 5. The molecule has 3 heteroatoms. The number of aryl methyl sites for hydroxylation is 2. The summed E-state index contributed by atoms with van der Waals surface area (Å²) in [5, 5.41) is 1.51. The molecule has 3 heterocycles. The molecular weight excluding hydrogens is 376 g/mol. The zero-order chi connectivity index (χ0) is 18.5. The summed E-state index contributed by atoms with van der Waals surface area (Å²) in [6, 6.07) is 16.1. The lowest BCUT2D eigenvalue weighted by Gasteiger charge is -2.33. The fourth-order valence-electron chi connectivity index (χ4n) is 6.10. The van der Waals surface area contributed by atoms with Gasteiger partial charge in [-0.1, -0.05) is 55.7 Å². The van der Waals surface area contributed by atoms with Crippen molar-refractivity contribution >= 4 is 23.3 Å². The van der Waals surface area contributed by atoms with Gasteiger partial charge in [-0.15, -0.1) is 12.4 Å². The number of halogens is 1. The maximum Gasteiger partial charge on any atom is 0.0567 e. The van der Waals surface area contributed by atoms with Crippen LogP contribution in [0, 0.1) is 5.92 Å². The number of hydrogen-bond acceptors (Lipinski definition) is 1. The molecule has 3 aromatic rings. The van der Waals surface area contributed by atoms with Crippen molar-refractivity contribution in [3.8, 4) is 5.69 Å². The first kappa shape index (κ1) is 19.2. The summed E-state index contributed by atoms with van der Waals surface area (Å²) in [6.45, 7) is 3.67. The second-order valence-electron chi connectivity index (χ2n) is 9.19. The van der Waals surface area contributed by atoms with E-state index in [0.717, 1.165) is 25.3 Å². The van der Waals surface area contributed by atoms with Crippen molar-refractivity contribution in [1.82, 2.24) is 9.47 Å². The maximum absolute atomic E-state index is 2.76. The number of para-hydroxylation sites is 2. The van der Waals surface area contributed by atoms with Gasteiger partial charge in [0.2, 0.25) is 0 Å². The largest absolute Gasteiger partial charge is 0.313 e. The summed E-state index contributed by atoms with van der Waals surface area (Å²) in [5.41, 5.74) is 9.15. The van der Waals surface area contributed by atoms with Crippen LogP contribution in [0.2, 0.25) is 0 Å². The third-order valence-corrected chi connectivity index (χ3v) is 7.47. The number of rotatable bonds is 2. The highest BCUT2D eigenvalue weighted by Gasteiger charge is 2.29. The summed E-state index contributed by atoms with van der Waals surface area (Å²) in [4.78, 5) is 2.76. The van der Waals surface area contributed by atoms with Crippen LogP contribution in [0.4, 0.5) is 0 Å². The minimum absolute atomic E-state index is 0. The third kappa shape index (κ3) is 3.21. The van der Waals surface area contributed by atoms with E-state index < -0.39 is 0 Å². The van der Waals surface area contributed by atoms with Crippen molar-refractivity contribution in [1.29, 1.82) is 0 Å². The van der Waals surface area contributed by atoms with Crippen LogP contribution >= 0.6 is 12.4 Å². The van der Waals surface area contributed by atoms with Gasteiger partial charge in [0.1, 0.15) is 0 Å². The molecule has 2 aliphatic heterocycles. The van der Waals surface area contributed by atoms with E-state index in [9.17, 15) is 0 Å². The molecule has 1 aromatic heterocycles. The molecule has 0 saturated heterocycles. The molecule has 0 N–H and O–H groups in total. The molecule has 1 aliphatic carbocycles. The lowest BCUT2D eigenvalue weighted by molar-refractivity contribution is 0.186. The van der Waals surface area contributed by atoms with Crippen molar-refractivity contribution < 1.29 is 0 Å². The number of benzene rings is 2. The molecule has 152 valence electrons. The summed E-state index contributed by atoms with van der Waals surface area (Å²) in [5.74, 6) is 0.929. The van der Waals surface area contributed by atoms with E-state index in [0.29, 0.717) is 0 Å². The molecule has 29 heavy (non-hydrogen) atoms. The van der Waals surface area contributed by atoms with Gasteiger partial charge in [0, 0.05) is 42.8 Å². The summed E-state index contributed by atoms with van der Waals surface area (Å²) in [6.07, 6.45) is 10.7. The Morgan fingerprint density at radius 3 is 2.52 bits per heavy atom. The molecule has 3 aliphatic rings. The van der Waals surface area contributed by atoms with Gasteiger partial charge in [0.05, 0.1) is 5.52 Å². The lowest BCUT2D eigenvalue weighted by atomic mass is 9.88. The van der Waals surface area contributed by atoms with Gasteiger partial charge in [-0.3, -0.25) is 4.90 Å². The molecule has 0 bridgehead atoms. The van der Waals surface area contributed by atoms with Gasteiger partial charge in [-0.05, 0) is 54.4 Å². The maximum atomic E-state index is 2.76. The van der Waals surface area contributed by atoms with E-state index in [2.05, 4.69) is 51.9 Å². The van der Waals surface area contributed by atoms with Gasteiger partial charge in [-0.2, -0.15) is 0 Å². The van der Waals surface area contributed by atoms with Crippen molar-refractivity contribution in [2.24, 2.45) is 5.92 Å². The number of nitrogens with zero attached hydrogens (tertiary/aromatic N) is 2. The molecule has 2 nitrogen and oxygen atoms in total. The molecule has 0 atom stereocenters. The molecule has 1 saturated carbocycles. The average Bonchev–Trinajstić information content (AvgIpc) is 2.97. The Balaban J connectivity index is 0.00000181. The highest BCUT2D eigenvalue weighted by molar-refractivity contribution is 5.91. The molecule has 6 rings (SSSR count). The SMILES string of the molecule is Cl.c1ccc2c(c1)CCc1cccc3c4c(n-2c13)CCN(CC1CCCCC1)C4. The van der Waals surface area contributed by atoms with Crippen molar-refractivity contribution in [2.45, 2.75) is 57.9 Å². The Bertz CT molecular complexity index is 1030. The van der Waals surface area contributed by atoms with E-state index in [-0.39, 0.29) is 12.4 Å². The zero-order valence-corrected chi connectivity index (χ0v) is 18.0. The van der Waals surface area contributed by atoms with E-state index in [1.165, 1.54) is 79.3 Å². The smallest absolute Gasteiger partial charge is 0.0567 e. The normalized spacial score (nSPS) is 19.3. The molecule has 2 aromatic carbocycles. The molecule has 1 fully saturated rings. The fourth-order valence-corrected chi connectivity index (χ4v) is 6.10. The standard InChI is InChI=1S/C26H30N2.ClH/c1-2-7-19(8-3-1)17-27-16-15-25-23(18-27)22-11-6-10-21-14-13-20-9-4-5-12-24(20)28(25)26(21)22;/h4-6,9-12,19H,1-3,7-8,13-18H2;1H. The average molecular weight is 407 g/mol. The van der Waals surface area contributed by atoms with Crippen LogP contribution in [0.3, 0.4) is 0 Å². The van der Waals surface area contributed by atoms with Gasteiger partial charge < -0.3 is 4.57 Å². The third-order valence-electron chi connectivity index (χ3n) is 7.47. The van der Waals surface area contributed by atoms with Crippen molar-refractivity contribution in [2.75, 3.05) is 13.1 Å².